The number of ether oxygens (including phenoxy) is 1. The highest BCUT2D eigenvalue weighted by atomic mass is 32.2. The molecule has 0 saturated carbocycles. The maximum absolute atomic E-state index is 12.4. The van der Waals surface area contributed by atoms with E-state index in [2.05, 4.69) is 10.0 Å². The highest BCUT2D eigenvalue weighted by Gasteiger charge is 2.34. The van der Waals surface area contributed by atoms with Gasteiger partial charge in [0.25, 0.3) is 5.91 Å². The lowest BCUT2D eigenvalue weighted by Crippen LogP contribution is -2.30. The number of anilines is 1. The first-order valence-corrected chi connectivity index (χ1v) is 9.65. The Labute approximate surface area is 155 Å². The van der Waals surface area contributed by atoms with Crippen molar-refractivity contribution in [1.29, 1.82) is 0 Å². The van der Waals surface area contributed by atoms with Gasteiger partial charge in [0.1, 0.15) is 11.9 Å². The van der Waals surface area contributed by atoms with Gasteiger partial charge >= 0.3 is 5.97 Å². The highest BCUT2D eigenvalue weighted by molar-refractivity contribution is 7.89. The summed E-state index contributed by atoms with van der Waals surface area (Å²) >= 11 is 0. The van der Waals surface area contributed by atoms with Crippen molar-refractivity contribution < 1.29 is 32.3 Å². The number of carbonyl (C=O) groups is 2. The summed E-state index contributed by atoms with van der Waals surface area (Å²) in [4.78, 5) is 23.1. The first-order chi connectivity index (χ1) is 12.8. The number of furan rings is 1. The summed E-state index contributed by atoms with van der Waals surface area (Å²) in [5.74, 6) is -1.16. The van der Waals surface area contributed by atoms with Gasteiger partial charge in [0, 0.05) is 5.69 Å². The quantitative estimate of drug-likeness (QED) is 0.645. The second-order valence-corrected chi connectivity index (χ2v) is 7.72. The summed E-state index contributed by atoms with van der Waals surface area (Å²) in [5.41, 5.74) is 0.267. The van der Waals surface area contributed by atoms with Gasteiger partial charge in [0.05, 0.1) is 17.7 Å². The molecule has 3 N–H and O–H groups in total. The van der Waals surface area contributed by atoms with Crippen molar-refractivity contribution in [2.24, 2.45) is 0 Å². The van der Waals surface area contributed by atoms with Crippen LogP contribution in [0.4, 0.5) is 5.69 Å². The predicted octanol–water partition coefficient (Wildman–Crippen LogP) is 1.33. The molecular weight excluding hydrogens is 376 g/mol. The minimum absolute atomic E-state index is 0.00158. The van der Waals surface area contributed by atoms with Crippen LogP contribution in [0.3, 0.4) is 0 Å². The predicted molar refractivity (Wildman–Crippen MR) is 93.3 cm³/mol. The number of hydrogen-bond donors (Lipinski definition) is 3. The maximum atomic E-state index is 12.4. The van der Waals surface area contributed by atoms with Crippen molar-refractivity contribution >= 4 is 27.6 Å². The number of amides is 1. The number of hydrogen-bond acceptors (Lipinski definition) is 6. The number of rotatable bonds is 7. The molecule has 2 heterocycles. The van der Waals surface area contributed by atoms with Crippen LogP contribution in [0.1, 0.15) is 18.6 Å². The maximum Gasteiger partial charge on any atom is 0.332 e. The molecule has 0 bridgehead atoms. The van der Waals surface area contributed by atoms with E-state index in [0.717, 1.165) is 0 Å². The zero-order valence-electron chi connectivity index (χ0n) is 14.1. The van der Waals surface area contributed by atoms with E-state index in [4.69, 9.17) is 14.3 Å². The van der Waals surface area contributed by atoms with E-state index in [-0.39, 0.29) is 30.0 Å². The molecule has 0 unspecified atom stereocenters. The summed E-state index contributed by atoms with van der Waals surface area (Å²) in [6, 6.07) is 9.03. The van der Waals surface area contributed by atoms with Gasteiger partial charge in [-0.25, -0.2) is 17.9 Å². The Morgan fingerprint density at radius 2 is 1.93 bits per heavy atom. The van der Waals surface area contributed by atoms with Crippen LogP contribution in [-0.2, 0) is 30.9 Å². The Hall–Kier alpha value is -2.69. The normalized spacial score (nSPS) is 19.7. The number of benzene rings is 1. The van der Waals surface area contributed by atoms with Crippen molar-refractivity contribution in [1.82, 2.24) is 4.72 Å². The zero-order chi connectivity index (χ0) is 19.4. The van der Waals surface area contributed by atoms with E-state index >= 15 is 0 Å². The number of sulfonamides is 1. The monoisotopic (exact) mass is 394 g/mol. The van der Waals surface area contributed by atoms with Crippen molar-refractivity contribution in [3.63, 3.8) is 0 Å². The minimum Gasteiger partial charge on any atom is -0.479 e. The molecule has 0 spiro atoms. The average molecular weight is 394 g/mol. The molecule has 1 amide bonds. The molecule has 3 rings (SSSR count). The van der Waals surface area contributed by atoms with Gasteiger partial charge in [-0.3, -0.25) is 4.79 Å². The molecule has 1 aliphatic rings. The summed E-state index contributed by atoms with van der Waals surface area (Å²) in [5, 5.41) is 11.5. The fourth-order valence-electron chi connectivity index (χ4n) is 2.64. The molecule has 1 aromatic carbocycles. The standard InChI is InChI=1S/C17H18N2O7S/c20-16(14-6-7-15(26-14)17(21)22)19-11-3-1-5-13(9-11)27(23,24)18-10-12-4-2-8-25-12/h1-5,8-9,14-15,18H,6-7,10H2,(H,19,20)(H,21,22)/t14-,15+/m0/s1. The number of aliphatic carboxylic acids is 1. The first-order valence-electron chi connectivity index (χ1n) is 8.16. The van der Waals surface area contributed by atoms with Crippen LogP contribution in [0, 0.1) is 0 Å². The van der Waals surface area contributed by atoms with Crippen molar-refractivity contribution in [3.05, 3.63) is 48.4 Å². The van der Waals surface area contributed by atoms with Crippen molar-refractivity contribution in [2.75, 3.05) is 5.32 Å². The van der Waals surface area contributed by atoms with Crippen LogP contribution < -0.4 is 10.0 Å². The van der Waals surface area contributed by atoms with Gasteiger partial charge < -0.3 is 19.6 Å². The molecule has 1 aliphatic heterocycles. The Bertz CT molecular complexity index is 925. The molecule has 1 fully saturated rings. The third-order valence-corrected chi connectivity index (χ3v) is 5.41. The topological polar surface area (TPSA) is 135 Å². The molecule has 0 radical (unpaired) electrons. The first kappa shape index (κ1) is 19.1. The molecule has 27 heavy (non-hydrogen) atoms. The fourth-order valence-corrected chi connectivity index (χ4v) is 3.68. The molecule has 1 aromatic heterocycles. The largest absolute Gasteiger partial charge is 0.479 e. The number of nitrogens with one attached hydrogen (secondary N) is 2. The molecule has 10 heteroatoms. The number of carboxylic acid groups (broad SMARTS) is 1. The summed E-state index contributed by atoms with van der Waals surface area (Å²) < 4.78 is 37.4. The smallest absolute Gasteiger partial charge is 0.332 e. The molecular formula is C17H18N2O7S. The van der Waals surface area contributed by atoms with Crippen LogP contribution in [0.5, 0.6) is 0 Å². The Morgan fingerprint density at radius 1 is 1.15 bits per heavy atom. The van der Waals surface area contributed by atoms with Crippen LogP contribution in [0.25, 0.3) is 0 Å². The van der Waals surface area contributed by atoms with E-state index in [9.17, 15) is 18.0 Å². The Kier molecular flexibility index (Phi) is 5.59. The van der Waals surface area contributed by atoms with Gasteiger partial charge in [0.15, 0.2) is 6.10 Å². The molecule has 2 atom stereocenters. The van der Waals surface area contributed by atoms with Crippen LogP contribution in [-0.4, -0.2) is 37.6 Å². The molecule has 0 aliphatic carbocycles. The molecule has 2 aromatic rings. The fraction of sp³-hybridized carbons (Fsp3) is 0.294. The van der Waals surface area contributed by atoms with E-state index in [1.54, 1.807) is 12.1 Å². The van der Waals surface area contributed by atoms with E-state index in [1.165, 1.54) is 30.5 Å². The zero-order valence-corrected chi connectivity index (χ0v) is 14.9. The third-order valence-electron chi connectivity index (χ3n) is 4.02. The lowest BCUT2D eigenvalue weighted by molar-refractivity contribution is -0.150. The van der Waals surface area contributed by atoms with Gasteiger partial charge in [0.2, 0.25) is 10.0 Å². The lowest BCUT2D eigenvalue weighted by Gasteiger charge is -2.13. The molecule has 1 saturated heterocycles. The third kappa shape index (κ3) is 4.73. The summed E-state index contributed by atoms with van der Waals surface area (Å²) in [6.45, 7) is -0.00158. The minimum atomic E-state index is -3.80. The van der Waals surface area contributed by atoms with E-state index in [0.29, 0.717) is 5.76 Å². The number of carboxylic acids is 1. The van der Waals surface area contributed by atoms with Crippen LogP contribution >= 0.6 is 0 Å². The second-order valence-electron chi connectivity index (χ2n) is 5.95. The van der Waals surface area contributed by atoms with Gasteiger partial charge in [-0.1, -0.05) is 6.07 Å². The lowest BCUT2D eigenvalue weighted by atomic mass is 10.2. The molecule has 9 nitrogen and oxygen atoms in total. The SMILES string of the molecule is O=C(Nc1cccc(S(=O)(=O)NCc2ccco2)c1)[C@@H]1CC[C@H](C(=O)O)O1. The van der Waals surface area contributed by atoms with E-state index in [1.807, 2.05) is 0 Å². The Balaban J connectivity index is 1.64. The summed E-state index contributed by atoms with van der Waals surface area (Å²) in [6.07, 6.45) is 0.0887. The number of carbonyl (C=O) groups excluding carboxylic acids is 1. The van der Waals surface area contributed by atoms with Crippen LogP contribution in [0.15, 0.2) is 52.0 Å². The van der Waals surface area contributed by atoms with Gasteiger partial charge in [-0.15, -0.1) is 0 Å². The van der Waals surface area contributed by atoms with Crippen LogP contribution in [0.2, 0.25) is 0 Å². The van der Waals surface area contributed by atoms with E-state index < -0.39 is 34.1 Å². The second kappa shape index (κ2) is 7.91. The highest BCUT2D eigenvalue weighted by Crippen LogP contribution is 2.22. The molecule has 144 valence electrons. The van der Waals surface area contributed by atoms with Crippen molar-refractivity contribution in [3.8, 4) is 0 Å². The van der Waals surface area contributed by atoms with Gasteiger partial charge in [-0.2, -0.15) is 0 Å². The van der Waals surface area contributed by atoms with Crippen molar-refractivity contribution in [2.45, 2.75) is 36.5 Å². The van der Waals surface area contributed by atoms with Gasteiger partial charge in [-0.05, 0) is 43.2 Å². The Morgan fingerprint density at radius 3 is 2.59 bits per heavy atom. The summed E-state index contributed by atoms with van der Waals surface area (Å²) in [7, 11) is -3.80. The average Bonchev–Trinajstić information content (AvgIpc) is 3.32.